The van der Waals surface area contributed by atoms with Crippen LogP contribution in [0.5, 0.6) is 5.75 Å². The summed E-state index contributed by atoms with van der Waals surface area (Å²) in [5.41, 5.74) is 3.57. The molecule has 1 N–H and O–H groups in total. The number of carbonyl (C=O) groups is 1. The Balaban J connectivity index is 1.71. The molecule has 0 fully saturated rings. The monoisotopic (exact) mass is 360 g/mol. The van der Waals surface area contributed by atoms with Crippen molar-refractivity contribution >= 4 is 11.6 Å². The quantitative estimate of drug-likeness (QED) is 0.679. The molecule has 0 bridgehead atoms. The van der Waals surface area contributed by atoms with Gasteiger partial charge in [-0.25, -0.2) is 0 Å². The zero-order chi connectivity index (χ0) is 19.3. The van der Waals surface area contributed by atoms with E-state index in [1.54, 1.807) is 24.5 Å². The number of nitrogens with one attached hydrogen (secondary N) is 1. The average Bonchev–Trinajstić information content (AvgIpc) is 2.67. The van der Waals surface area contributed by atoms with Crippen molar-refractivity contribution in [3.8, 4) is 5.75 Å². The van der Waals surface area contributed by atoms with E-state index in [2.05, 4.69) is 31.1 Å². The molecule has 0 atom stereocenters. The Morgan fingerprint density at radius 1 is 0.963 bits per heavy atom. The average molecular weight is 360 g/mol. The van der Waals surface area contributed by atoms with E-state index in [-0.39, 0.29) is 11.3 Å². The van der Waals surface area contributed by atoms with Crippen LogP contribution in [0.1, 0.15) is 42.3 Å². The van der Waals surface area contributed by atoms with Crippen LogP contribution >= 0.6 is 0 Å². The molecular formula is C23H24N2O2. The van der Waals surface area contributed by atoms with Gasteiger partial charge in [0, 0.05) is 18.1 Å². The van der Waals surface area contributed by atoms with E-state index in [0.29, 0.717) is 17.9 Å². The van der Waals surface area contributed by atoms with Crippen LogP contribution in [0.3, 0.4) is 0 Å². The summed E-state index contributed by atoms with van der Waals surface area (Å²) < 4.78 is 5.86. The lowest BCUT2D eigenvalue weighted by molar-refractivity contribution is 0.102. The third-order valence-electron chi connectivity index (χ3n) is 4.28. The predicted molar refractivity (Wildman–Crippen MR) is 108 cm³/mol. The highest BCUT2D eigenvalue weighted by molar-refractivity contribution is 6.06. The maximum Gasteiger partial charge on any atom is 0.259 e. The molecule has 27 heavy (non-hydrogen) atoms. The van der Waals surface area contributed by atoms with Crippen LogP contribution in [0.2, 0.25) is 0 Å². The normalized spacial score (nSPS) is 11.1. The first kappa shape index (κ1) is 18.6. The molecule has 4 heteroatoms. The number of pyridine rings is 1. The summed E-state index contributed by atoms with van der Waals surface area (Å²) in [6.45, 7) is 6.87. The van der Waals surface area contributed by atoms with E-state index in [1.807, 2.05) is 48.5 Å². The molecule has 1 heterocycles. The van der Waals surface area contributed by atoms with Gasteiger partial charge in [0.05, 0.1) is 5.56 Å². The summed E-state index contributed by atoms with van der Waals surface area (Å²) in [6, 6.07) is 19.0. The molecule has 0 aliphatic carbocycles. The van der Waals surface area contributed by atoms with Crippen molar-refractivity contribution in [1.82, 2.24) is 4.98 Å². The number of ether oxygens (including phenoxy) is 1. The fourth-order valence-electron chi connectivity index (χ4n) is 2.67. The summed E-state index contributed by atoms with van der Waals surface area (Å²) in [4.78, 5) is 16.7. The van der Waals surface area contributed by atoms with Crippen LogP contribution in [0.4, 0.5) is 5.69 Å². The number of hydrogen-bond acceptors (Lipinski definition) is 3. The number of hydrogen-bond donors (Lipinski definition) is 1. The summed E-state index contributed by atoms with van der Waals surface area (Å²) in [7, 11) is 0. The fourth-order valence-corrected chi connectivity index (χ4v) is 2.67. The minimum absolute atomic E-state index is 0.0793. The van der Waals surface area contributed by atoms with Crippen LogP contribution in [-0.4, -0.2) is 10.9 Å². The molecule has 1 amide bonds. The molecule has 0 saturated heterocycles. The Morgan fingerprint density at radius 3 is 2.30 bits per heavy atom. The molecule has 3 aromatic rings. The summed E-state index contributed by atoms with van der Waals surface area (Å²) in [6.07, 6.45) is 3.44. The van der Waals surface area contributed by atoms with Crippen LogP contribution in [-0.2, 0) is 12.0 Å². The van der Waals surface area contributed by atoms with E-state index >= 15 is 0 Å². The first-order valence-corrected chi connectivity index (χ1v) is 8.96. The van der Waals surface area contributed by atoms with Crippen molar-refractivity contribution in [1.29, 1.82) is 0 Å². The second-order valence-corrected chi connectivity index (χ2v) is 7.42. The van der Waals surface area contributed by atoms with Crippen molar-refractivity contribution in [3.05, 3.63) is 89.7 Å². The smallest absolute Gasteiger partial charge is 0.259 e. The second-order valence-electron chi connectivity index (χ2n) is 7.42. The number of para-hydroxylation sites is 1. The van der Waals surface area contributed by atoms with Gasteiger partial charge in [0.1, 0.15) is 12.4 Å². The highest BCUT2D eigenvalue weighted by Gasteiger charge is 2.15. The second kappa shape index (κ2) is 8.04. The van der Waals surface area contributed by atoms with E-state index in [4.69, 9.17) is 4.74 Å². The Morgan fingerprint density at radius 2 is 1.63 bits per heavy atom. The van der Waals surface area contributed by atoms with E-state index in [9.17, 15) is 4.79 Å². The molecule has 0 saturated carbocycles. The molecule has 3 rings (SSSR count). The maximum absolute atomic E-state index is 12.7. The molecule has 1 aromatic heterocycles. The lowest BCUT2D eigenvalue weighted by Gasteiger charge is -2.19. The Kier molecular flexibility index (Phi) is 5.55. The van der Waals surface area contributed by atoms with Gasteiger partial charge in [0.2, 0.25) is 0 Å². The maximum atomic E-state index is 12.7. The number of anilines is 1. The van der Waals surface area contributed by atoms with E-state index in [0.717, 1.165) is 11.3 Å². The summed E-state index contributed by atoms with van der Waals surface area (Å²) in [5.74, 6) is 0.363. The molecule has 0 spiro atoms. The highest BCUT2D eigenvalue weighted by Crippen LogP contribution is 2.25. The standard InChI is InChI=1S/C23H24N2O2/c1-23(2,3)18-8-10-19(11-9-18)25-22(26)20-6-4-5-7-21(20)27-16-17-12-14-24-15-13-17/h4-15H,16H2,1-3H3,(H,25,26). The first-order chi connectivity index (χ1) is 12.9. The predicted octanol–water partition coefficient (Wildman–Crippen LogP) is 5.21. The molecule has 0 aliphatic heterocycles. The van der Waals surface area contributed by atoms with Gasteiger partial charge >= 0.3 is 0 Å². The molecule has 4 nitrogen and oxygen atoms in total. The van der Waals surface area contributed by atoms with Gasteiger partial charge in [0.15, 0.2) is 0 Å². The molecule has 2 aromatic carbocycles. The number of aromatic nitrogens is 1. The van der Waals surface area contributed by atoms with Gasteiger partial charge in [-0.2, -0.15) is 0 Å². The van der Waals surface area contributed by atoms with Crippen LogP contribution in [0.15, 0.2) is 73.1 Å². The van der Waals surface area contributed by atoms with Gasteiger partial charge in [-0.1, -0.05) is 45.0 Å². The lowest BCUT2D eigenvalue weighted by Crippen LogP contribution is -2.14. The topological polar surface area (TPSA) is 51.2 Å². The third-order valence-corrected chi connectivity index (χ3v) is 4.28. The van der Waals surface area contributed by atoms with E-state index < -0.39 is 0 Å². The highest BCUT2D eigenvalue weighted by atomic mass is 16.5. The lowest BCUT2D eigenvalue weighted by atomic mass is 9.87. The van der Waals surface area contributed by atoms with Gasteiger partial charge in [-0.05, 0) is 52.9 Å². The van der Waals surface area contributed by atoms with Crippen LogP contribution < -0.4 is 10.1 Å². The van der Waals surface area contributed by atoms with Gasteiger partial charge in [0.25, 0.3) is 5.91 Å². The zero-order valence-electron chi connectivity index (χ0n) is 15.9. The third kappa shape index (κ3) is 4.94. The Bertz CT molecular complexity index is 898. The Labute approximate surface area is 160 Å². The zero-order valence-corrected chi connectivity index (χ0v) is 15.9. The van der Waals surface area contributed by atoms with Crippen molar-refractivity contribution < 1.29 is 9.53 Å². The minimum Gasteiger partial charge on any atom is -0.488 e. The van der Waals surface area contributed by atoms with Crippen molar-refractivity contribution in [3.63, 3.8) is 0 Å². The number of rotatable bonds is 5. The summed E-state index contributed by atoms with van der Waals surface area (Å²) in [5, 5.41) is 2.95. The fraction of sp³-hybridized carbons (Fsp3) is 0.217. The van der Waals surface area contributed by atoms with E-state index in [1.165, 1.54) is 5.56 Å². The van der Waals surface area contributed by atoms with Gasteiger partial charge in [-0.15, -0.1) is 0 Å². The molecular weight excluding hydrogens is 336 g/mol. The Hall–Kier alpha value is -3.14. The number of amides is 1. The largest absolute Gasteiger partial charge is 0.488 e. The first-order valence-electron chi connectivity index (χ1n) is 8.96. The van der Waals surface area contributed by atoms with Crippen LogP contribution in [0, 0.1) is 0 Å². The van der Waals surface area contributed by atoms with Gasteiger partial charge in [-0.3, -0.25) is 9.78 Å². The van der Waals surface area contributed by atoms with Crippen molar-refractivity contribution in [2.75, 3.05) is 5.32 Å². The number of benzene rings is 2. The molecule has 0 radical (unpaired) electrons. The number of carbonyl (C=O) groups excluding carboxylic acids is 1. The summed E-state index contributed by atoms with van der Waals surface area (Å²) >= 11 is 0. The molecule has 0 aliphatic rings. The van der Waals surface area contributed by atoms with Crippen molar-refractivity contribution in [2.24, 2.45) is 0 Å². The minimum atomic E-state index is -0.191. The number of nitrogens with zero attached hydrogens (tertiary/aromatic N) is 1. The van der Waals surface area contributed by atoms with Crippen molar-refractivity contribution in [2.45, 2.75) is 32.8 Å². The molecule has 0 unspecified atom stereocenters. The molecule has 138 valence electrons. The SMILES string of the molecule is CC(C)(C)c1ccc(NC(=O)c2ccccc2OCc2ccncc2)cc1. The van der Waals surface area contributed by atoms with Crippen LogP contribution in [0.25, 0.3) is 0 Å². The van der Waals surface area contributed by atoms with Gasteiger partial charge < -0.3 is 10.1 Å².